The zero-order valence-corrected chi connectivity index (χ0v) is 27.8. The summed E-state index contributed by atoms with van der Waals surface area (Å²) in [6.45, 7) is 3.84. The van der Waals surface area contributed by atoms with E-state index in [0.717, 1.165) is 24.3 Å². The van der Waals surface area contributed by atoms with E-state index in [2.05, 4.69) is 0 Å². The molecule has 0 radical (unpaired) electrons. The first kappa shape index (κ1) is 33.2. The molecule has 0 aromatic heterocycles. The van der Waals surface area contributed by atoms with Crippen LogP contribution in [0.4, 0.5) is 27.2 Å². The zero-order valence-electron chi connectivity index (χ0n) is 26.3. The summed E-state index contributed by atoms with van der Waals surface area (Å²) in [6.07, 6.45) is 9.02. The Morgan fingerprint density at radius 3 is 1.34 bits per heavy atom. The molecule has 13 heteroatoms. The maximum absolute atomic E-state index is 16.9. The number of halogens is 4. The van der Waals surface area contributed by atoms with Gasteiger partial charge in [0.25, 0.3) is 0 Å². The van der Waals surface area contributed by atoms with Crippen molar-refractivity contribution in [3.05, 3.63) is 91.7 Å². The molecule has 0 spiro atoms. The van der Waals surface area contributed by atoms with Gasteiger partial charge in [0.05, 0.1) is 0 Å². The Morgan fingerprint density at radius 2 is 1.00 bits per heavy atom. The fourth-order valence-electron chi connectivity index (χ4n) is 6.63. The van der Waals surface area contributed by atoms with Gasteiger partial charge < -0.3 is 0 Å². The van der Waals surface area contributed by atoms with Crippen LogP contribution in [0.15, 0.2) is 68.5 Å². The number of amides is 2. The molecule has 2 aromatic rings. The molecule has 2 saturated heterocycles. The zero-order chi connectivity index (χ0) is 33.3. The van der Waals surface area contributed by atoms with Gasteiger partial charge in [0.2, 0.25) is 0 Å². The number of hydrogen-bond acceptors (Lipinski definition) is 6. The minimum absolute atomic E-state index is 0.200. The van der Waals surface area contributed by atoms with Gasteiger partial charge in [-0.05, 0) is 0 Å². The van der Waals surface area contributed by atoms with Crippen LogP contribution in [0.5, 0.6) is 11.5 Å². The van der Waals surface area contributed by atoms with Crippen molar-refractivity contribution in [3.8, 4) is 11.5 Å². The van der Waals surface area contributed by atoms with Crippen molar-refractivity contribution in [2.45, 2.75) is 12.8 Å². The number of nitrogens with zero attached hydrogens (tertiary/aromatic N) is 4. The molecule has 2 heterocycles. The monoisotopic (exact) mass is 688 g/mol. The van der Waals surface area contributed by atoms with Crippen molar-refractivity contribution in [1.82, 2.24) is 19.6 Å². The number of allylic oxidation sites excluding steroid dienone is 8. The summed E-state index contributed by atoms with van der Waals surface area (Å²) in [6, 6.07) is 4.01. The average molecular weight is 689 g/mol. The number of likely N-dealkylation sites (N-methyl/N-ethyl adjacent to an activating group) is 2. The van der Waals surface area contributed by atoms with Gasteiger partial charge in [0.1, 0.15) is 0 Å². The molecular formula is C34H36F4N4O4Ti. The Labute approximate surface area is 274 Å². The fourth-order valence-corrected chi connectivity index (χ4v) is 14.9. The van der Waals surface area contributed by atoms with Gasteiger partial charge in [-0.25, -0.2) is 0 Å². The number of carbonyl (C=O) groups excluding carboxylic acids is 2. The number of carbonyl (C=O) groups is 2. The van der Waals surface area contributed by atoms with Gasteiger partial charge in [0, 0.05) is 0 Å². The Morgan fingerprint density at radius 1 is 0.617 bits per heavy atom. The summed E-state index contributed by atoms with van der Waals surface area (Å²) in [5.74, 6) is -5.46. The Hall–Kier alpha value is -3.71. The summed E-state index contributed by atoms with van der Waals surface area (Å²) >= 11 is -5.24. The van der Waals surface area contributed by atoms with Gasteiger partial charge >= 0.3 is 275 Å². The summed E-state index contributed by atoms with van der Waals surface area (Å²) < 4.78 is 77.4. The third-order valence-electron chi connectivity index (χ3n) is 9.28. The number of benzene rings is 2. The van der Waals surface area contributed by atoms with Crippen LogP contribution in [0.25, 0.3) is 0 Å². The van der Waals surface area contributed by atoms with Crippen LogP contribution in [0.3, 0.4) is 0 Å². The van der Waals surface area contributed by atoms with Crippen molar-refractivity contribution < 1.29 is 53.2 Å². The molecule has 248 valence electrons. The molecule has 2 aliphatic heterocycles. The predicted molar refractivity (Wildman–Crippen MR) is 166 cm³/mol. The van der Waals surface area contributed by atoms with E-state index in [1.54, 1.807) is 36.5 Å². The van der Waals surface area contributed by atoms with Crippen molar-refractivity contribution in [2.75, 3.05) is 66.5 Å². The second-order valence-corrected chi connectivity index (χ2v) is 18.1. The molecule has 4 aliphatic rings. The van der Waals surface area contributed by atoms with Crippen LogP contribution < -0.4 is 17.2 Å². The van der Waals surface area contributed by atoms with Crippen molar-refractivity contribution in [3.63, 3.8) is 0 Å². The summed E-state index contributed by atoms with van der Waals surface area (Å²) in [5.41, 5.74) is 0. The first-order chi connectivity index (χ1) is 22.6. The molecule has 2 fully saturated rings. The third kappa shape index (κ3) is 6.31. The van der Waals surface area contributed by atoms with E-state index in [1.165, 1.54) is 9.80 Å². The molecular weight excluding hydrogens is 652 g/mol. The third-order valence-corrected chi connectivity index (χ3v) is 17.2. The van der Waals surface area contributed by atoms with Crippen molar-refractivity contribution >= 4 is 19.9 Å². The van der Waals surface area contributed by atoms with Gasteiger partial charge in [0.15, 0.2) is 0 Å². The number of piperazine rings is 2. The fraction of sp³-hybridized carbons (Fsp3) is 0.353. The summed E-state index contributed by atoms with van der Waals surface area (Å²) in [7, 11) is 3.83. The van der Waals surface area contributed by atoms with E-state index in [4.69, 9.17) is 9.47 Å². The number of rotatable bonds is 6. The Kier molecular flexibility index (Phi) is 9.75. The normalized spacial score (nSPS) is 18.9. The molecule has 2 aromatic carbocycles. The van der Waals surface area contributed by atoms with E-state index in [9.17, 15) is 9.59 Å². The molecule has 6 rings (SSSR count). The molecule has 2 aliphatic carbocycles. The number of hydrogen-bond donors (Lipinski definition) is 0. The molecule has 0 unspecified atom stereocenters. The first-order valence-corrected chi connectivity index (χ1v) is 18.7. The quantitative estimate of drug-likeness (QED) is 0.329. The standard InChI is InChI=1S/2C12H13F2N2O2.2C5H5.Ti/c2*1-15-4-6-16(7-5-15)12(17)18-11-3-2-9(13)8-10(11)14;2*1-2-4-5-3-1;/h2*2-3H,4-7H2,1H3;2*1-3H,4H2;. The maximum atomic E-state index is 16.9. The topological polar surface area (TPSA) is 65.6 Å². The van der Waals surface area contributed by atoms with Gasteiger partial charge in [-0.1, -0.05) is 0 Å². The molecule has 8 nitrogen and oxygen atoms in total. The summed E-state index contributed by atoms with van der Waals surface area (Å²) in [5, 5.41) is 0. The van der Waals surface area contributed by atoms with E-state index in [-0.39, 0.29) is 12.8 Å². The summed E-state index contributed by atoms with van der Waals surface area (Å²) in [4.78, 5) is 33.1. The van der Waals surface area contributed by atoms with Gasteiger partial charge in [-0.15, -0.1) is 0 Å². The SMILES string of the molecule is CN1CCN(C(=O)Oc2ccc(F)[c]([Ti]([C]3=CC=CC3)([C]3=CC=CC3)[c]3c(F)ccc(OC(=O)N4CCN(C)CC4)c3F)c2F)CC1. The average Bonchev–Trinajstić information content (AvgIpc) is 3.80. The van der Waals surface area contributed by atoms with Gasteiger partial charge in [-0.2, -0.15) is 0 Å². The van der Waals surface area contributed by atoms with Crippen molar-refractivity contribution in [1.29, 1.82) is 0 Å². The molecule has 0 N–H and O–H groups in total. The van der Waals surface area contributed by atoms with E-state index < -0.39 is 71.3 Å². The van der Waals surface area contributed by atoms with Crippen LogP contribution in [-0.4, -0.2) is 98.2 Å². The first-order valence-electron chi connectivity index (χ1n) is 15.6. The van der Waals surface area contributed by atoms with Crippen LogP contribution in [0.2, 0.25) is 0 Å². The van der Waals surface area contributed by atoms with E-state index >= 15 is 17.6 Å². The molecule has 47 heavy (non-hydrogen) atoms. The van der Waals surface area contributed by atoms with Crippen LogP contribution in [0.1, 0.15) is 12.8 Å². The molecule has 2 amide bonds. The predicted octanol–water partition coefficient (Wildman–Crippen LogP) is 4.53. The van der Waals surface area contributed by atoms with Crippen LogP contribution >= 0.6 is 0 Å². The second kappa shape index (κ2) is 13.8. The van der Waals surface area contributed by atoms with Crippen LogP contribution in [0, 0.1) is 23.3 Å². The van der Waals surface area contributed by atoms with E-state index in [1.807, 2.05) is 23.9 Å². The van der Waals surface area contributed by atoms with E-state index in [0.29, 0.717) is 60.1 Å². The molecule has 0 atom stereocenters. The molecule has 0 bridgehead atoms. The Balaban J connectivity index is 1.49. The van der Waals surface area contributed by atoms with Crippen molar-refractivity contribution in [2.24, 2.45) is 0 Å². The second-order valence-electron chi connectivity index (χ2n) is 12.2. The number of ether oxygens (including phenoxy) is 2. The molecule has 0 saturated carbocycles. The minimum atomic E-state index is -5.24. The Bertz CT molecular complexity index is 1570. The van der Waals surface area contributed by atoms with Crippen LogP contribution in [-0.2, 0) is 16.6 Å². The van der Waals surface area contributed by atoms with Gasteiger partial charge in [-0.3, -0.25) is 0 Å².